The maximum absolute atomic E-state index is 6.34. The number of para-hydroxylation sites is 3. The van der Waals surface area contributed by atoms with E-state index in [2.05, 4.69) is 136 Å². The SMILES string of the molecule is c1ccc2c(c1)c1ccccc1n2-c1ccc2oc3ccc(-c4cc5c6ccccc6n6nccc6c5s4)cc3c2c1. The van der Waals surface area contributed by atoms with Crippen LogP contribution >= 0.6 is 11.3 Å². The molecule has 0 N–H and O–H groups in total. The van der Waals surface area contributed by atoms with Gasteiger partial charge in [-0.1, -0.05) is 54.6 Å². The van der Waals surface area contributed by atoms with Gasteiger partial charge in [-0.15, -0.1) is 11.3 Å². The molecule has 0 radical (unpaired) electrons. The lowest BCUT2D eigenvalue weighted by Gasteiger charge is -2.08. The molecule has 0 amide bonds. The van der Waals surface area contributed by atoms with Crippen molar-refractivity contribution in [2.75, 3.05) is 0 Å². The molecular weight excluding hydrogens is 534 g/mol. The Morgan fingerprint density at radius 3 is 1.93 bits per heavy atom. The van der Waals surface area contributed by atoms with E-state index < -0.39 is 0 Å². The van der Waals surface area contributed by atoms with Gasteiger partial charge < -0.3 is 8.98 Å². The Morgan fingerprint density at radius 1 is 0.524 bits per heavy atom. The second-order valence-corrected chi connectivity index (χ2v) is 11.9. The lowest BCUT2D eigenvalue weighted by Crippen LogP contribution is -1.93. The van der Waals surface area contributed by atoms with Gasteiger partial charge in [0.05, 0.1) is 33.0 Å². The molecule has 0 spiro atoms. The predicted molar refractivity (Wildman–Crippen MR) is 175 cm³/mol. The highest BCUT2D eigenvalue weighted by Gasteiger charge is 2.17. The van der Waals surface area contributed by atoms with Crippen LogP contribution in [-0.2, 0) is 0 Å². The second-order valence-electron chi connectivity index (χ2n) is 10.9. The zero-order valence-electron chi connectivity index (χ0n) is 22.3. The normalized spacial score (nSPS) is 12.3. The first-order valence-corrected chi connectivity index (χ1v) is 14.9. The minimum atomic E-state index is 0.898. The van der Waals surface area contributed by atoms with Gasteiger partial charge in [0.15, 0.2) is 0 Å². The van der Waals surface area contributed by atoms with Crippen LogP contribution in [0.1, 0.15) is 0 Å². The van der Waals surface area contributed by atoms with Crippen LogP contribution in [0.15, 0.2) is 132 Å². The molecule has 0 aliphatic heterocycles. The number of thiophene rings is 1. The maximum Gasteiger partial charge on any atom is 0.135 e. The third-order valence-corrected chi connectivity index (χ3v) is 9.81. The lowest BCUT2D eigenvalue weighted by atomic mass is 10.1. The van der Waals surface area contributed by atoms with E-state index in [1.807, 2.05) is 17.5 Å². The number of rotatable bonds is 2. The highest BCUT2D eigenvalue weighted by Crippen LogP contribution is 2.42. The largest absolute Gasteiger partial charge is 0.456 e. The summed E-state index contributed by atoms with van der Waals surface area (Å²) in [5.41, 5.74) is 8.80. The summed E-state index contributed by atoms with van der Waals surface area (Å²) in [4.78, 5) is 1.24. The molecule has 0 fully saturated rings. The van der Waals surface area contributed by atoms with Crippen molar-refractivity contribution >= 4 is 81.6 Å². The van der Waals surface area contributed by atoms with E-state index in [1.54, 1.807) is 0 Å². The van der Waals surface area contributed by atoms with E-state index in [9.17, 15) is 0 Å². The summed E-state index contributed by atoms with van der Waals surface area (Å²) < 4.78 is 12.0. The topological polar surface area (TPSA) is 35.4 Å². The molecule has 10 aromatic rings. The van der Waals surface area contributed by atoms with Crippen LogP contribution in [0.3, 0.4) is 0 Å². The first kappa shape index (κ1) is 22.3. The van der Waals surface area contributed by atoms with Gasteiger partial charge in [0.2, 0.25) is 0 Å². The van der Waals surface area contributed by atoms with Crippen molar-refractivity contribution in [2.24, 2.45) is 0 Å². The van der Waals surface area contributed by atoms with Gasteiger partial charge in [0.1, 0.15) is 11.2 Å². The molecule has 0 saturated heterocycles. The summed E-state index contributed by atoms with van der Waals surface area (Å²) in [7, 11) is 0. The Bertz CT molecular complexity index is 2650. The number of aromatic nitrogens is 3. The van der Waals surface area contributed by atoms with Crippen molar-refractivity contribution in [3.8, 4) is 16.1 Å². The predicted octanol–water partition coefficient (Wildman–Crippen LogP) is 10.4. The van der Waals surface area contributed by atoms with Crippen LogP contribution in [0.4, 0.5) is 0 Å². The summed E-state index contributed by atoms with van der Waals surface area (Å²) in [5.74, 6) is 0. The fraction of sp³-hybridized carbons (Fsp3) is 0. The van der Waals surface area contributed by atoms with E-state index in [0.29, 0.717) is 0 Å². The van der Waals surface area contributed by atoms with Crippen molar-refractivity contribution in [1.82, 2.24) is 14.2 Å². The number of benzene rings is 5. The molecule has 42 heavy (non-hydrogen) atoms. The van der Waals surface area contributed by atoms with Crippen molar-refractivity contribution in [1.29, 1.82) is 0 Å². The third-order valence-electron chi connectivity index (χ3n) is 8.61. The summed E-state index contributed by atoms with van der Waals surface area (Å²) in [6.45, 7) is 0. The first-order valence-electron chi connectivity index (χ1n) is 14.1. The zero-order valence-corrected chi connectivity index (χ0v) is 23.1. The summed E-state index contributed by atoms with van der Waals surface area (Å²) in [5, 5.41) is 11.9. The Kier molecular flexibility index (Phi) is 4.30. The maximum atomic E-state index is 6.34. The van der Waals surface area contributed by atoms with Gasteiger partial charge in [-0.25, -0.2) is 4.52 Å². The van der Waals surface area contributed by atoms with E-state index in [-0.39, 0.29) is 0 Å². The van der Waals surface area contributed by atoms with Crippen LogP contribution in [0.5, 0.6) is 0 Å². The Labute approximate surface area is 243 Å². The number of pyridine rings is 1. The molecule has 0 bridgehead atoms. The monoisotopic (exact) mass is 555 g/mol. The van der Waals surface area contributed by atoms with E-state index >= 15 is 0 Å². The van der Waals surface area contributed by atoms with Crippen LogP contribution < -0.4 is 0 Å². The molecule has 0 aliphatic carbocycles. The van der Waals surface area contributed by atoms with Gasteiger partial charge in [0.25, 0.3) is 0 Å². The zero-order chi connectivity index (χ0) is 27.4. The molecule has 4 nitrogen and oxygen atoms in total. The van der Waals surface area contributed by atoms with Gasteiger partial charge in [0, 0.05) is 42.9 Å². The average Bonchev–Trinajstić information content (AvgIpc) is 3.83. The highest BCUT2D eigenvalue weighted by molar-refractivity contribution is 7.23. The van der Waals surface area contributed by atoms with Crippen molar-refractivity contribution in [2.45, 2.75) is 0 Å². The van der Waals surface area contributed by atoms with Crippen LogP contribution in [0, 0.1) is 0 Å². The number of nitrogens with zero attached hydrogens (tertiary/aromatic N) is 3. The first-order chi connectivity index (χ1) is 20.8. The molecule has 196 valence electrons. The second kappa shape index (κ2) is 8.09. The Morgan fingerprint density at radius 2 is 1.17 bits per heavy atom. The molecule has 0 aliphatic rings. The molecule has 0 unspecified atom stereocenters. The quantitative estimate of drug-likeness (QED) is 0.213. The van der Waals surface area contributed by atoms with Crippen molar-refractivity contribution in [3.05, 3.63) is 128 Å². The van der Waals surface area contributed by atoms with Gasteiger partial charge in [-0.05, 0) is 72.3 Å². The van der Waals surface area contributed by atoms with E-state index in [4.69, 9.17) is 4.42 Å². The third kappa shape index (κ3) is 2.93. The summed E-state index contributed by atoms with van der Waals surface area (Å²) in [6.07, 6.45) is 1.89. The number of fused-ring (bicyclic) bond motifs is 12. The van der Waals surface area contributed by atoms with E-state index in [1.165, 1.54) is 47.7 Å². The standard InChI is InChI=1S/C37H21N3OS/c1-4-10-30-24(7-1)25-8-2-5-11-31(25)39(30)23-14-16-35-28(20-23)27-19-22(13-15-34(27)41-35)36-21-29-26-9-3-6-12-32(26)40-33(17-18-38-40)37(29)42-36/h1-21H. The molecule has 10 rings (SSSR count). The summed E-state index contributed by atoms with van der Waals surface area (Å²) >= 11 is 1.82. The van der Waals surface area contributed by atoms with Gasteiger partial charge in [-0.3, -0.25) is 0 Å². The molecule has 5 heteroatoms. The minimum absolute atomic E-state index is 0.898. The lowest BCUT2D eigenvalue weighted by molar-refractivity contribution is 0.669. The molecule has 0 atom stereocenters. The van der Waals surface area contributed by atoms with Crippen LogP contribution in [0.2, 0.25) is 0 Å². The fourth-order valence-electron chi connectivity index (χ4n) is 6.74. The van der Waals surface area contributed by atoms with Gasteiger partial charge >= 0.3 is 0 Å². The molecule has 5 aromatic heterocycles. The highest BCUT2D eigenvalue weighted by atomic mass is 32.1. The number of furan rings is 1. The summed E-state index contributed by atoms with van der Waals surface area (Å²) in [6, 6.07) is 43.4. The smallest absolute Gasteiger partial charge is 0.135 e. The minimum Gasteiger partial charge on any atom is -0.456 e. The van der Waals surface area contributed by atoms with E-state index in [0.717, 1.165) is 38.7 Å². The van der Waals surface area contributed by atoms with Crippen molar-refractivity contribution in [3.63, 3.8) is 0 Å². The van der Waals surface area contributed by atoms with Crippen LogP contribution in [-0.4, -0.2) is 14.2 Å². The van der Waals surface area contributed by atoms with Crippen molar-refractivity contribution < 1.29 is 4.42 Å². The average molecular weight is 556 g/mol. The Hall–Kier alpha value is -5.39. The molecule has 5 heterocycles. The van der Waals surface area contributed by atoms with Gasteiger partial charge in [-0.2, -0.15) is 5.10 Å². The Balaban J connectivity index is 1.20. The molecule has 0 saturated carbocycles. The molecule has 5 aromatic carbocycles. The number of hydrogen-bond acceptors (Lipinski definition) is 3. The number of hydrogen-bond donors (Lipinski definition) is 0. The molecular formula is C37H21N3OS. The van der Waals surface area contributed by atoms with Crippen LogP contribution in [0.25, 0.3) is 86.4 Å². The fourth-order valence-corrected chi connectivity index (χ4v) is 7.91.